The summed E-state index contributed by atoms with van der Waals surface area (Å²) >= 11 is 0. The van der Waals surface area contributed by atoms with Gasteiger partial charge in [-0.05, 0) is 31.6 Å². The molecule has 0 radical (unpaired) electrons. The van der Waals surface area contributed by atoms with Gasteiger partial charge in [-0.3, -0.25) is 9.59 Å². The van der Waals surface area contributed by atoms with Gasteiger partial charge in [0.15, 0.2) is 0 Å². The number of halogens is 1. The highest BCUT2D eigenvalue weighted by Crippen LogP contribution is 2.32. The molecule has 7 heteroatoms. The number of fused-ring (bicyclic) bond motifs is 1. The number of carbonyl (C=O) groups is 2. The van der Waals surface area contributed by atoms with Gasteiger partial charge in [0.05, 0.1) is 0 Å². The number of hydrogen-bond acceptors (Lipinski definition) is 4. The quantitative estimate of drug-likeness (QED) is 0.814. The van der Waals surface area contributed by atoms with Crippen LogP contribution < -0.4 is 5.73 Å². The molecule has 2 N–H and O–H groups in total. The van der Waals surface area contributed by atoms with Gasteiger partial charge in [0.1, 0.15) is 0 Å². The Kier molecular flexibility index (Phi) is 6.68. The van der Waals surface area contributed by atoms with Gasteiger partial charge >= 0.3 is 0 Å². The second-order valence-electron chi connectivity index (χ2n) is 6.70. The van der Waals surface area contributed by atoms with Crippen LogP contribution in [0.2, 0.25) is 0 Å². The summed E-state index contributed by atoms with van der Waals surface area (Å²) in [5.74, 6) is 1.08. The second kappa shape index (κ2) is 8.31. The molecule has 0 bridgehead atoms. The largest absolute Gasteiger partial charge is 0.381 e. The number of ether oxygens (including phenoxy) is 1. The van der Waals surface area contributed by atoms with Crippen LogP contribution in [0.4, 0.5) is 0 Å². The fourth-order valence-corrected chi connectivity index (χ4v) is 4.18. The Morgan fingerprint density at radius 2 is 1.96 bits per heavy atom. The van der Waals surface area contributed by atoms with E-state index >= 15 is 0 Å². The molecule has 0 unspecified atom stereocenters. The summed E-state index contributed by atoms with van der Waals surface area (Å²) in [5.41, 5.74) is 5.65. The normalized spacial score (nSPS) is 29.0. The maximum absolute atomic E-state index is 12.7. The number of hydrogen-bond donors (Lipinski definition) is 1. The first-order valence-electron chi connectivity index (χ1n) is 8.56. The van der Waals surface area contributed by atoms with Crippen molar-refractivity contribution in [3.8, 4) is 0 Å². The lowest BCUT2D eigenvalue weighted by molar-refractivity contribution is -0.147. The molecule has 2 amide bonds. The predicted molar refractivity (Wildman–Crippen MR) is 89.3 cm³/mol. The first-order valence-corrected chi connectivity index (χ1v) is 8.56. The summed E-state index contributed by atoms with van der Waals surface area (Å²) in [6.45, 7) is 4.14. The van der Waals surface area contributed by atoms with Crippen molar-refractivity contribution in [2.24, 2.45) is 17.6 Å². The van der Waals surface area contributed by atoms with Crippen molar-refractivity contribution in [1.82, 2.24) is 9.80 Å². The highest BCUT2D eigenvalue weighted by atomic mass is 35.5. The van der Waals surface area contributed by atoms with E-state index in [0.29, 0.717) is 44.5 Å². The van der Waals surface area contributed by atoms with Crippen molar-refractivity contribution in [3.05, 3.63) is 0 Å². The zero-order valence-corrected chi connectivity index (χ0v) is 14.4. The molecule has 0 aromatic heterocycles. The Bertz CT molecular complexity index is 429. The van der Waals surface area contributed by atoms with Gasteiger partial charge in [-0.1, -0.05) is 0 Å². The van der Waals surface area contributed by atoms with Crippen molar-refractivity contribution in [1.29, 1.82) is 0 Å². The van der Waals surface area contributed by atoms with Gasteiger partial charge < -0.3 is 20.3 Å². The molecular weight excluding hydrogens is 318 g/mol. The summed E-state index contributed by atoms with van der Waals surface area (Å²) < 4.78 is 5.35. The van der Waals surface area contributed by atoms with Crippen LogP contribution >= 0.6 is 12.4 Å². The number of piperidine rings is 2. The number of rotatable bonds is 3. The van der Waals surface area contributed by atoms with E-state index in [4.69, 9.17) is 10.5 Å². The number of amides is 2. The van der Waals surface area contributed by atoms with E-state index in [0.717, 1.165) is 38.8 Å². The molecule has 0 aromatic carbocycles. The van der Waals surface area contributed by atoms with Crippen LogP contribution in [0, 0.1) is 11.8 Å². The number of nitrogens with two attached hydrogens (primary N) is 1. The molecule has 3 rings (SSSR count). The van der Waals surface area contributed by atoms with Crippen LogP contribution in [-0.4, -0.2) is 67.0 Å². The minimum Gasteiger partial charge on any atom is -0.381 e. The number of nitrogens with zero attached hydrogens (tertiary/aromatic N) is 2. The van der Waals surface area contributed by atoms with Gasteiger partial charge in [0.2, 0.25) is 11.8 Å². The Morgan fingerprint density at radius 1 is 1.22 bits per heavy atom. The van der Waals surface area contributed by atoms with E-state index in [9.17, 15) is 9.59 Å². The average Bonchev–Trinajstić information content (AvgIpc) is 2.57. The van der Waals surface area contributed by atoms with Crippen molar-refractivity contribution in [2.75, 3.05) is 39.4 Å². The molecule has 2 atom stereocenters. The Morgan fingerprint density at radius 3 is 2.65 bits per heavy atom. The van der Waals surface area contributed by atoms with Crippen molar-refractivity contribution < 1.29 is 14.3 Å². The topological polar surface area (TPSA) is 75.9 Å². The minimum atomic E-state index is 0. The van der Waals surface area contributed by atoms with Crippen LogP contribution in [0.1, 0.15) is 32.1 Å². The van der Waals surface area contributed by atoms with E-state index in [-0.39, 0.29) is 30.3 Å². The second-order valence-corrected chi connectivity index (χ2v) is 6.70. The smallest absolute Gasteiger partial charge is 0.225 e. The molecule has 3 fully saturated rings. The monoisotopic (exact) mass is 345 g/mol. The molecule has 0 aliphatic carbocycles. The van der Waals surface area contributed by atoms with Gasteiger partial charge in [-0.25, -0.2) is 0 Å². The lowest BCUT2D eigenvalue weighted by Crippen LogP contribution is -2.58. The molecule has 132 valence electrons. The molecule has 0 aromatic rings. The summed E-state index contributed by atoms with van der Waals surface area (Å²) in [7, 11) is 0. The Hall–Kier alpha value is -0.850. The van der Waals surface area contributed by atoms with Crippen LogP contribution in [0.25, 0.3) is 0 Å². The highest BCUT2D eigenvalue weighted by Gasteiger charge is 2.40. The van der Waals surface area contributed by atoms with Gasteiger partial charge in [-0.2, -0.15) is 0 Å². The summed E-state index contributed by atoms with van der Waals surface area (Å²) in [6, 6.07) is 0.281. The fraction of sp³-hybridized carbons (Fsp3) is 0.875. The van der Waals surface area contributed by atoms with Crippen LogP contribution in [-0.2, 0) is 14.3 Å². The third-order valence-electron chi connectivity index (χ3n) is 5.40. The van der Waals surface area contributed by atoms with E-state index in [1.807, 2.05) is 9.80 Å². The van der Waals surface area contributed by atoms with Crippen molar-refractivity contribution in [2.45, 2.75) is 38.1 Å². The first-order chi connectivity index (χ1) is 10.7. The zero-order valence-electron chi connectivity index (χ0n) is 13.6. The number of carbonyl (C=O) groups excluding carboxylic acids is 2. The molecule has 3 heterocycles. The summed E-state index contributed by atoms with van der Waals surface area (Å²) in [6.07, 6.45) is 4.09. The highest BCUT2D eigenvalue weighted by molar-refractivity contribution is 5.85. The third kappa shape index (κ3) is 3.98. The first kappa shape index (κ1) is 18.5. The third-order valence-corrected chi connectivity index (χ3v) is 5.40. The number of likely N-dealkylation sites (tertiary alicyclic amines) is 2. The van der Waals surface area contributed by atoms with Crippen molar-refractivity contribution >= 4 is 24.2 Å². The van der Waals surface area contributed by atoms with E-state index in [1.54, 1.807) is 0 Å². The molecule has 6 nitrogen and oxygen atoms in total. The zero-order chi connectivity index (χ0) is 15.5. The fourth-order valence-electron chi connectivity index (χ4n) is 4.18. The van der Waals surface area contributed by atoms with Crippen LogP contribution in [0.5, 0.6) is 0 Å². The lowest BCUT2D eigenvalue weighted by atomic mass is 9.83. The molecular formula is C16H28ClN3O3. The van der Waals surface area contributed by atoms with Gasteiger partial charge in [-0.15, -0.1) is 12.4 Å². The molecule has 0 saturated carbocycles. The maximum atomic E-state index is 12.7. The summed E-state index contributed by atoms with van der Waals surface area (Å²) in [4.78, 5) is 28.7. The van der Waals surface area contributed by atoms with E-state index < -0.39 is 0 Å². The molecule has 3 saturated heterocycles. The van der Waals surface area contributed by atoms with Crippen LogP contribution in [0.15, 0.2) is 0 Å². The molecule has 3 aliphatic heterocycles. The average molecular weight is 346 g/mol. The summed E-state index contributed by atoms with van der Waals surface area (Å²) in [5, 5.41) is 0. The van der Waals surface area contributed by atoms with Gasteiger partial charge in [0.25, 0.3) is 0 Å². The minimum absolute atomic E-state index is 0. The van der Waals surface area contributed by atoms with E-state index in [1.165, 1.54) is 0 Å². The van der Waals surface area contributed by atoms with Gasteiger partial charge in [0, 0.05) is 57.8 Å². The molecule has 23 heavy (non-hydrogen) atoms. The van der Waals surface area contributed by atoms with E-state index in [2.05, 4.69) is 0 Å². The SMILES string of the molecule is Cl.NCCN1C(=O)CC[C@H]2CN(C(=O)C3CCOCC3)CC[C@H]21. The Labute approximate surface area is 144 Å². The maximum Gasteiger partial charge on any atom is 0.225 e. The predicted octanol–water partition coefficient (Wildman–Crippen LogP) is 0.633. The van der Waals surface area contributed by atoms with Crippen molar-refractivity contribution in [3.63, 3.8) is 0 Å². The molecule has 0 spiro atoms. The Balaban J connectivity index is 0.00000192. The molecule has 3 aliphatic rings. The van der Waals surface area contributed by atoms with Crippen LogP contribution in [0.3, 0.4) is 0 Å². The standard InChI is InChI=1S/C16H27N3O3.ClH/c17-6-8-19-14-3-7-18(11-13(14)1-2-15(19)20)16(21)12-4-9-22-10-5-12;/h12-14H,1-11,17H2;1H/t13-,14+;/m0./s1. The lowest BCUT2D eigenvalue weighted by Gasteiger charge is -2.47.